The second kappa shape index (κ2) is 5.02. The summed E-state index contributed by atoms with van der Waals surface area (Å²) in [7, 11) is 0. The van der Waals surface area contributed by atoms with E-state index in [4.69, 9.17) is 21.3 Å². The van der Waals surface area contributed by atoms with Gasteiger partial charge in [-0.3, -0.25) is 4.57 Å². The van der Waals surface area contributed by atoms with Crippen LogP contribution < -0.4 is 17.2 Å². The lowest BCUT2D eigenvalue weighted by Crippen LogP contribution is -2.52. The van der Waals surface area contributed by atoms with E-state index in [2.05, 4.69) is 4.98 Å². The summed E-state index contributed by atoms with van der Waals surface area (Å²) < 4.78 is 6.56. The van der Waals surface area contributed by atoms with Gasteiger partial charge in [-0.1, -0.05) is 0 Å². The summed E-state index contributed by atoms with van der Waals surface area (Å²) in [5.41, 5.74) is 10.5. The Balaban J connectivity index is 2.29. The summed E-state index contributed by atoms with van der Waals surface area (Å²) in [6.45, 7) is -0.276. The van der Waals surface area contributed by atoms with E-state index in [9.17, 15) is 9.90 Å². The van der Waals surface area contributed by atoms with Crippen molar-refractivity contribution < 1.29 is 14.9 Å². The first-order valence-corrected chi connectivity index (χ1v) is 5.57. The second-order valence-corrected chi connectivity index (χ2v) is 4.26. The van der Waals surface area contributed by atoms with Gasteiger partial charge in [0.15, 0.2) is 6.23 Å². The Morgan fingerprint density at radius 3 is 2.94 bits per heavy atom. The molecule has 0 spiro atoms. The molecular weight excluding hydrogens is 240 g/mol. The molecule has 0 aliphatic carbocycles. The lowest BCUT2D eigenvalue weighted by Gasteiger charge is -2.37. The molecule has 100 valence electrons. The molecule has 0 amide bonds. The van der Waals surface area contributed by atoms with Gasteiger partial charge in [0, 0.05) is 12.2 Å². The van der Waals surface area contributed by atoms with Gasteiger partial charge in [-0.25, -0.2) is 4.79 Å². The lowest BCUT2D eigenvalue weighted by molar-refractivity contribution is -0.173. The molecule has 8 heteroatoms. The SMILES string of the molecule is Nc1ccn([C@@H]2O[C@H](CO)[C@@H](N)C[C@H]2O)c(=O)n1. The zero-order valence-electron chi connectivity index (χ0n) is 9.64. The summed E-state index contributed by atoms with van der Waals surface area (Å²) in [5.74, 6) is 0.0944. The minimum absolute atomic E-state index is 0.0944. The standard InChI is InChI=1S/C10H16N4O4/c11-5-3-6(16)9(18-7(5)4-15)14-2-1-8(12)13-10(14)17/h1-2,5-7,9,15-16H,3-4,11H2,(H2,12,13,17)/t5-,6+,7+,9+/m0/s1. The average molecular weight is 256 g/mol. The van der Waals surface area contributed by atoms with Crippen molar-refractivity contribution >= 4 is 5.82 Å². The zero-order valence-corrected chi connectivity index (χ0v) is 9.64. The van der Waals surface area contributed by atoms with Crippen molar-refractivity contribution in [2.24, 2.45) is 5.73 Å². The van der Waals surface area contributed by atoms with E-state index in [0.29, 0.717) is 0 Å². The number of aliphatic hydroxyl groups is 2. The number of nitrogens with zero attached hydrogens (tertiary/aromatic N) is 2. The number of nitrogens with two attached hydrogens (primary N) is 2. The largest absolute Gasteiger partial charge is 0.394 e. The number of hydrogen-bond acceptors (Lipinski definition) is 7. The predicted molar refractivity (Wildman–Crippen MR) is 62.5 cm³/mol. The molecule has 18 heavy (non-hydrogen) atoms. The molecule has 1 saturated heterocycles. The molecule has 0 saturated carbocycles. The van der Waals surface area contributed by atoms with Crippen molar-refractivity contribution in [1.29, 1.82) is 0 Å². The maximum atomic E-state index is 11.6. The van der Waals surface area contributed by atoms with Gasteiger partial charge in [-0.15, -0.1) is 0 Å². The van der Waals surface area contributed by atoms with Crippen molar-refractivity contribution in [2.45, 2.75) is 30.9 Å². The van der Waals surface area contributed by atoms with Crippen molar-refractivity contribution in [2.75, 3.05) is 12.3 Å². The highest BCUT2D eigenvalue weighted by atomic mass is 16.5. The molecule has 2 heterocycles. The van der Waals surface area contributed by atoms with Gasteiger partial charge in [0.05, 0.1) is 12.7 Å². The zero-order chi connectivity index (χ0) is 13.3. The van der Waals surface area contributed by atoms with E-state index in [1.165, 1.54) is 12.3 Å². The van der Waals surface area contributed by atoms with Crippen molar-refractivity contribution in [3.63, 3.8) is 0 Å². The Hall–Kier alpha value is -1.48. The number of anilines is 1. The van der Waals surface area contributed by atoms with Crippen LogP contribution in [-0.2, 0) is 4.74 Å². The normalized spacial score (nSPS) is 32.4. The number of aliphatic hydroxyl groups excluding tert-OH is 2. The van der Waals surface area contributed by atoms with Gasteiger partial charge >= 0.3 is 5.69 Å². The van der Waals surface area contributed by atoms with E-state index < -0.39 is 30.2 Å². The third kappa shape index (κ3) is 2.36. The molecule has 0 aromatic carbocycles. The Morgan fingerprint density at radius 1 is 1.61 bits per heavy atom. The molecule has 2 rings (SSSR count). The molecule has 1 aliphatic heterocycles. The Bertz CT molecular complexity index is 477. The van der Waals surface area contributed by atoms with Gasteiger partial charge in [0.2, 0.25) is 0 Å². The van der Waals surface area contributed by atoms with Crippen LogP contribution in [0, 0.1) is 0 Å². The molecule has 0 unspecified atom stereocenters. The first kappa shape index (κ1) is 13.0. The van der Waals surface area contributed by atoms with Gasteiger partial charge in [0.25, 0.3) is 0 Å². The summed E-state index contributed by atoms with van der Waals surface area (Å²) in [5, 5.41) is 19.0. The number of ether oxygens (including phenoxy) is 1. The predicted octanol–water partition coefficient (Wildman–Crippen LogP) is -2.21. The lowest BCUT2D eigenvalue weighted by atomic mass is 10.00. The van der Waals surface area contributed by atoms with Crippen molar-refractivity contribution in [3.8, 4) is 0 Å². The molecule has 1 fully saturated rings. The van der Waals surface area contributed by atoms with Gasteiger partial charge in [-0.2, -0.15) is 4.98 Å². The summed E-state index contributed by atoms with van der Waals surface area (Å²) in [6.07, 6.45) is -0.854. The second-order valence-electron chi connectivity index (χ2n) is 4.26. The van der Waals surface area contributed by atoms with E-state index in [1.54, 1.807) is 0 Å². The minimum atomic E-state index is -0.939. The van der Waals surface area contributed by atoms with Crippen molar-refractivity contribution in [1.82, 2.24) is 9.55 Å². The first-order valence-electron chi connectivity index (χ1n) is 5.57. The van der Waals surface area contributed by atoms with Gasteiger partial charge in [0.1, 0.15) is 11.9 Å². The van der Waals surface area contributed by atoms with Gasteiger partial charge in [-0.05, 0) is 12.5 Å². The number of rotatable bonds is 2. The van der Waals surface area contributed by atoms with Crippen LogP contribution in [0.4, 0.5) is 5.82 Å². The molecular formula is C10H16N4O4. The van der Waals surface area contributed by atoms with E-state index in [1.807, 2.05) is 0 Å². The third-order valence-corrected chi connectivity index (χ3v) is 2.94. The molecule has 8 nitrogen and oxygen atoms in total. The molecule has 6 N–H and O–H groups in total. The Kier molecular flexibility index (Phi) is 3.62. The highest BCUT2D eigenvalue weighted by molar-refractivity contribution is 5.23. The monoisotopic (exact) mass is 256 g/mol. The number of hydrogen-bond donors (Lipinski definition) is 4. The third-order valence-electron chi connectivity index (χ3n) is 2.94. The highest BCUT2D eigenvalue weighted by Gasteiger charge is 2.36. The van der Waals surface area contributed by atoms with Crippen molar-refractivity contribution in [3.05, 3.63) is 22.7 Å². The fourth-order valence-electron chi connectivity index (χ4n) is 1.97. The Labute approximate surface area is 103 Å². The van der Waals surface area contributed by atoms with Crippen LogP contribution in [0.3, 0.4) is 0 Å². The van der Waals surface area contributed by atoms with Crippen LogP contribution in [0.2, 0.25) is 0 Å². The maximum Gasteiger partial charge on any atom is 0.351 e. The smallest absolute Gasteiger partial charge is 0.351 e. The van der Waals surface area contributed by atoms with E-state index in [0.717, 1.165) is 4.57 Å². The quantitative estimate of drug-likeness (QED) is 0.471. The van der Waals surface area contributed by atoms with Gasteiger partial charge < -0.3 is 26.4 Å². The molecule has 1 aromatic rings. The molecule has 1 aromatic heterocycles. The van der Waals surface area contributed by atoms with Crippen LogP contribution in [0.15, 0.2) is 17.1 Å². The fraction of sp³-hybridized carbons (Fsp3) is 0.600. The van der Waals surface area contributed by atoms with Crippen LogP contribution in [0.25, 0.3) is 0 Å². The van der Waals surface area contributed by atoms with Crippen LogP contribution in [-0.4, -0.2) is 44.6 Å². The van der Waals surface area contributed by atoms with E-state index in [-0.39, 0.29) is 18.8 Å². The fourth-order valence-corrected chi connectivity index (χ4v) is 1.97. The first-order chi connectivity index (χ1) is 8.52. The minimum Gasteiger partial charge on any atom is -0.394 e. The molecule has 4 atom stereocenters. The Morgan fingerprint density at radius 2 is 2.33 bits per heavy atom. The van der Waals surface area contributed by atoms with Crippen LogP contribution in [0.5, 0.6) is 0 Å². The summed E-state index contributed by atoms with van der Waals surface area (Å²) in [6, 6.07) is 0.957. The van der Waals surface area contributed by atoms with E-state index >= 15 is 0 Å². The average Bonchev–Trinajstić information content (AvgIpc) is 2.30. The van der Waals surface area contributed by atoms with Crippen LogP contribution in [0.1, 0.15) is 12.6 Å². The number of nitrogen functional groups attached to an aromatic ring is 1. The number of aromatic nitrogens is 2. The molecule has 1 aliphatic rings. The molecule has 0 bridgehead atoms. The summed E-state index contributed by atoms with van der Waals surface area (Å²) >= 11 is 0. The molecule has 0 radical (unpaired) electrons. The topological polar surface area (TPSA) is 137 Å². The maximum absolute atomic E-state index is 11.6. The van der Waals surface area contributed by atoms with Crippen LogP contribution >= 0.6 is 0 Å². The highest BCUT2D eigenvalue weighted by Crippen LogP contribution is 2.25. The summed E-state index contributed by atoms with van der Waals surface area (Å²) in [4.78, 5) is 15.2.